The highest BCUT2D eigenvalue weighted by molar-refractivity contribution is 6.33. The molecule has 2 fully saturated rings. The van der Waals surface area contributed by atoms with E-state index < -0.39 is 5.60 Å². The van der Waals surface area contributed by atoms with E-state index in [0.717, 1.165) is 74.5 Å². The molecule has 2 aliphatic rings. The number of nitrogens with zero attached hydrogens (tertiary/aromatic N) is 3. The normalized spacial score (nSPS) is 23.4. The first-order valence-electron chi connectivity index (χ1n) is 12.4. The zero-order valence-corrected chi connectivity index (χ0v) is 20.6. The molecular formula is C27H32ClN5O2. The molecule has 1 amide bonds. The largest absolute Gasteiger partial charge is 0.390 e. The average molecular weight is 494 g/mol. The van der Waals surface area contributed by atoms with Gasteiger partial charge in [-0.05, 0) is 63.0 Å². The van der Waals surface area contributed by atoms with Crippen molar-refractivity contribution >= 4 is 34.4 Å². The van der Waals surface area contributed by atoms with Crippen LogP contribution in [0.4, 0.5) is 5.95 Å². The molecule has 3 aromatic rings. The number of likely N-dealkylation sites (tertiary alicyclic amines) is 1. The van der Waals surface area contributed by atoms with Crippen LogP contribution in [0.5, 0.6) is 0 Å². The number of anilines is 1. The van der Waals surface area contributed by atoms with Crippen molar-refractivity contribution in [3.63, 3.8) is 0 Å². The van der Waals surface area contributed by atoms with Crippen LogP contribution in [-0.2, 0) is 4.79 Å². The van der Waals surface area contributed by atoms with Crippen molar-refractivity contribution in [2.24, 2.45) is 5.92 Å². The van der Waals surface area contributed by atoms with Gasteiger partial charge in [0.05, 0.1) is 22.5 Å². The molecule has 0 atom stereocenters. The van der Waals surface area contributed by atoms with Crippen molar-refractivity contribution in [3.05, 3.63) is 54.3 Å². The quantitative estimate of drug-likeness (QED) is 0.411. The molecule has 8 heteroatoms. The Labute approximate surface area is 210 Å². The van der Waals surface area contributed by atoms with Gasteiger partial charge in [0.1, 0.15) is 0 Å². The van der Waals surface area contributed by atoms with Gasteiger partial charge in [0, 0.05) is 41.8 Å². The summed E-state index contributed by atoms with van der Waals surface area (Å²) in [6.07, 6.45) is 10.9. The molecule has 1 saturated heterocycles. The summed E-state index contributed by atoms with van der Waals surface area (Å²) >= 11 is 6.47. The van der Waals surface area contributed by atoms with Crippen LogP contribution in [0.2, 0.25) is 5.02 Å². The molecule has 3 heterocycles. The number of amides is 1. The summed E-state index contributed by atoms with van der Waals surface area (Å²) in [6, 6.07) is 8.28. The Balaban J connectivity index is 1.18. The minimum atomic E-state index is -0.635. The molecule has 35 heavy (non-hydrogen) atoms. The lowest BCUT2D eigenvalue weighted by atomic mass is 9.75. The van der Waals surface area contributed by atoms with Gasteiger partial charge in [0.15, 0.2) is 0 Å². The number of aliphatic hydroxyl groups is 1. The molecule has 1 aliphatic carbocycles. The number of fused-ring (bicyclic) bond motifs is 1. The summed E-state index contributed by atoms with van der Waals surface area (Å²) in [4.78, 5) is 26.1. The third-order valence-electron chi connectivity index (χ3n) is 7.61. The third kappa shape index (κ3) is 5.21. The number of benzene rings is 1. The van der Waals surface area contributed by atoms with Crippen molar-refractivity contribution in [2.75, 3.05) is 18.4 Å². The lowest BCUT2D eigenvalue weighted by Gasteiger charge is -2.40. The molecule has 0 spiro atoms. The zero-order chi connectivity index (χ0) is 24.4. The number of aromatic nitrogens is 3. The van der Waals surface area contributed by atoms with Crippen molar-refractivity contribution in [2.45, 2.75) is 56.6 Å². The summed E-state index contributed by atoms with van der Waals surface area (Å²) < 4.78 is 0. The van der Waals surface area contributed by atoms with Gasteiger partial charge < -0.3 is 20.3 Å². The van der Waals surface area contributed by atoms with Crippen molar-refractivity contribution in [3.8, 4) is 11.3 Å². The van der Waals surface area contributed by atoms with E-state index in [2.05, 4.69) is 27.9 Å². The van der Waals surface area contributed by atoms with Crippen molar-refractivity contribution < 1.29 is 9.90 Å². The van der Waals surface area contributed by atoms with Crippen LogP contribution in [0, 0.1) is 5.92 Å². The monoisotopic (exact) mass is 493 g/mol. The summed E-state index contributed by atoms with van der Waals surface area (Å²) in [5.41, 5.74) is 2.06. The van der Waals surface area contributed by atoms with Crippen LogP contribution in [-0.4, -0.2) is 55.6 Å². The number of hydrogen-bond acceptors (Lipinski definition) is 5. The summed E-state index contributed by atoms with van der Waals surface area (Å²) in [7, 11) is 0. The van der Waals surface area contributed by atoms with Crippen molar-refractivity contribution in [1.29, 1.82) is 0 Å². The van der Waals surface area contributed by atoms with E-state index in [1.54, 1.807) is 6.20 Å². The number of rotatable bonds is 6. The Morgan fingerprint density at radius 2 is 2.00 bits per heavy atom. The molecular weight excluding hydrogens is 462 g/mol. The fourth-order valence-electron chi connectivity index (χ4n) is 5.60. The fourth-order valence-corrected chi connectivity index (χ4v) is 5.80. The summed E-state index contributed by atoms with van der Waals surface area (Å²) in [5, 5.41) is 16.3. The Morgan fingerprint density at radius 1 is 1.26 bits per heavy atom. The van der Waals surface area contributed by atoms with Gasteiger partial charge in [-0.1, -0.05) is 36.4 Å². The maximum Gasteiger partial charge on any atom is 0.245 e. The highest BCUT2D eigenvalue weighted by Gasteiger charge is 2.36. The third-order valence-corrected chi connectivity index (χ3v) is 7.88. The predicted octanol–water partition coefficient (Wildman–Crippen LogP) is 5.18. The molecule has 1 aliphatic heterocycles. The lowest BCUT2D eigenvalue weighted by molar-refractivity contribution is -0.127. The standard InChI is InChI=1S/C27H32ClN5O2/c1-2-24(34)33-13-9-18(10-14-33)15-27(35)11-7-19(8-12-27)31-26-30-17-22(28)25(32-26)21-16-29-23-6-4-3-5-20(21)23/h2-6,16-19,29,35H,1,7-15H2,(H,30,31,32). The number of para-hydroxylation sites is 1. The highest BCUT2D eigenvalue weighted by atomic mass is 35.5. The Hall–Kier alpha value is -2.90. The van der Waals surface area contributed by atoms with E-state index in [9.17, 15) is 9.90 Å². The van der Waals surface area contributed by atoms with Crippen LogP contribution in [0.25, 0.3) is 22.2 Å². The lowest BCUT2D eigenvalue weighted by Crippen LogP contribution is -2.43. The number of carbonyl (C=O) groups excluding carboxylic acids is 1. The number of carbonyl (C=O) groups is 1. The van der Waals surface area contributed by atoms with E-state index in [4.69, 9.17) is 16.6 Å². The van der Waals surface area contributed by atoms with Gasteiger partial charge in [-0.15, -0.1) is 0 Å². The Bertz CT molecular complexity index is 1210. The smallest absolute Gasteiger partial charge is 0.245 e. The Kier molecular flexibility index (Phi) is 6.80. The first-order valence-corrected chi connectivity index (χ1v) is 12.8. The first-order chi connectivity index (χ1) is 16.9. The molecule has 5 rings (SSSR count). The van der Waals surface area contributed by atoms with E-state index in [1.807, 2.05) is 29.3 Å². The van der Waals surface area contributed by atoms with Gasteiger partial charge in [-0.2, -0.15) is 0 Å². The number of aromatic amines is 1. The maximum absolute atomic E-state index is 11.8. The minimum absolute atomic E-state index is 0.00557. The van der Waals surface area contributed by atoms with Gasteiger partial charge in [-0.25, -0.2) is 9.97 Å². The number of hydrogen-bond donors (Lipinski definition) is 3. The van der Waals surface area contributed by atoms with Gasteiger partial charge in [0.2, 0.25) is 11.9 Å². The second-order valence-electron chi connectivity index (χ2n) is 9.96. The molecule has 0 unspecified atom stereocenters. The number of nitrogens with one attached hydrogen (secondary N) is 2. The van der Waals surface area contributed by atoms with E-state index in [1.165, 1.54) is 6.08 Å². The highest BCUT2D eigenvalue weighted by Crippen LogP contribution is 2.38. The van der Waals surface area contributed by atoms with Crippen LogP contribution in [0.1, 0.15) is 44.9 Å². The van der Waals surface area contributed by atoms with E-state index in [0.29, 0.717) is 22.6 Å². The molecule has 2 aromatic heterocycles. The summed E-state index contributed by atoms with van der Waals surface area (Å²) in [6.45, 7) is 5.08. The SMILES string of the molecule is C=CC(=O)N1CCC(CC2(O)CCC(Nc3ncc(Cl)c(-c4c[nH]c5ccccc45)n3)CC2)CC1. The molecule has 1 saturated carbocycles. The molecule has 184 valence electrons. The summed E-state index contributed by atoms with van der Waals surface area (Å²) in [5.74, 6) is 1.02. The molecule has 1 aromatic carbocycles. The second kappa shape index (κ2) is 9.99. The van der Waals surface area contributed by atoms with E-state index >= 15 is 0 Å². The molecule has 7 nitrogen and oxygen atoms in total. The second-order valence-corrected chi connectivity index (χ2v) is 10.4. The van der Waals surface area contributed by atoms with Crippen LogP contribution in [0.15, 0.2) is 49.3 Å². The van der Waals surface area contributed by atoms with Crippen molar-refractivity contribution in [1.82, 2.24) is 19.9 Å². The zero-order valence-electron chi connectivity index (χ0n) is 19.8. The first kappa shape index (κ1) is 23.8. The number of H-pyrrole nitrogens is 1. The average Bonchev–Trinajstić information content (AvgIpc) is 3.31. The number of piperidine rings is 1. The minimum Gasteiger partial charge on any atom is -0.390 e. The predicted molar refractivity (Wildman–Crippen MR) is 139 cm³/mol. The molecule has 0 radical (unpaired) electrons. The van der Waals surface area contributed by atoms with E-state index in [-0.39, 0.29) is 11.9 Å². The maximum atomic E-state index is 11.8. The number of halogens is 1. The Morgan fingerprint density at radius 3 is 2.74 bits per heavy atom. The molecule has 0 bridgehead atoms. The van der Waals surface area contributed by atoms with Gasteiger partial charge in [0.25, 0.3) is 0 Å². The topological polar surface area (TPSA) is 94.1 Å². The van der Waals surface area contributed by atoms with Crippen LogP contribution in [0.3, 0.4) is 0 Å². The van der Waals surface area contributed by atoms with Gasteiger partial charge >= 0.3 is 0 Å². The fraction of sp³-hybridized carbons (Fsp3) is 0.444. The van der Waals surface area contributed by atoms with Crippen LogP contribution < -0.4 is 5.32 Å². The molecule has 3 N–H and O–H groups in total. The van der Waals surface area contributed by atoms with Crippen LogP contribution >= 0.6 is 11.6 Å². The van der Waals surface area contributed by atoms with Gasteiger partial charge in [-0.3, -0.25) is 4.79 Å².